The number of rotatable bonds is 7. The maximum absolute atomic E-state index is 14.0. The predicted octanol–water partition coefficient (Wildman–Crippen LogP) is 3.12. The van der Waals surface area contributed by atoms with Gasteiger partial charge in [-0.3, -0.25) is 4.79 Å². The number of benzene rings is 2. The van der Waals surface area contributed by atoms with Crippen LogP contribution in [0.1, 0.15) is 31.4 Å². The molecule has 9 heteroatoms. The number of sulfonamides is 1. The van der Waals surface area contributed by atoms with E-state index < -0.39 is 15.8 Å². The van der Waals surface area contributed by atoms with Gasteiger partial charge in [-0.05, 0) is 44.0 Å². The summed E-state index contributed by atoms with van der Waals surface area (Å²) < 4.78 is 51.3. The van der Waals surface area contributed by atoms with E-state index in [4.69, 9.17) is 9.47 Å². The molecule has 1 fully saturated rings. The van der Waals surface area contributed by atoms with Crippen LogP contribution in [0.2, 0.25) is 0 Å². The van der Waals surface area contributed by atoms with Crippen LogP contribution in [0.5, 0.6) is 11.5 Å². The minimum absolute atomic E-state index is 0.145. The Morgan fingerprint density at radius 2 is 1.81 bits per heavy atom. The van der Waals surface area contributed by atoms with Crippen LogP contribution in [-0.4, -0.2) is 45.9 Å². The van der Waals surface area contributed by atoms with E-state index in [1.54, 1.807) is 26.4 Å². The molecule has 0 spiro atoms. The SMILES string of the molecule is COc1ccc(C(C)NC(=O)C2CCN(S(=O)(=O)c3ccccc3F)CC2)c(OC)c1. The van der Waals surface area contributed by atoms with Gasteiger partial charge >= 0.3 is 0 Å². The molecule has 3 rings (SSSR count). The Morgan fingerprint density at radius 1 is 1.13 bits per heavy atom. The molecule has 0 aliphatic carbocycles. The van der Waals surface area contributed by atoms with Gasteiger partial charge in [0, 0.05) is 30.6 Å². The van der Waals surface area contributed by atoms with Crippen LogP contribution in [0.3, 0.4) is 0 Å². The van der Waals surface area contributed by atoms with Gasteiger partial charge in [-0.15, -0.1) is 0 Å². The predicted molar refractivity (Wildman–Crippen MR) is 114 cm³/mol. The van der Waals surface area contributed by atoms with Gasteiger partial charge in [0.25, 0.3) is 0 Å². The molecule has 1 unspecified atom stereocenters. The van der Waals surface area contributed by atoms with E-state index in [1.807, 2.05) is 13.0 Å². The first-order valence-corrected chi connectivity index (χ1v) is 11.5. The van der Waals surface area contributed by atoms with Crippen molar-refractivity contribution in [2.24, 2.45) is 5.92 Å². The maximum Gasteiger partial charge on any atom is 0.245 e. The second-order valence-corrected chi connectivity index (χ2v) is 9.35. The molecule has 2 aromatic carbocycles. The van der Waals surface area contributed by atoms with Crippen molar-refractivity contribution in [1.82, 2.24) is 9.62 Å². The molecule has 1 aliphatic rings. The topological polar surface area (TPSA) is 84.9 Å². The molecule has 1 atom stereocenters. The molecule has 1 aliphatic heterocycles. The average molecular weight is 451 g/mol. The maximum atomic E-state index is 14.0. The number of ether oxygens (including phenoxy) is 2. The van der Waals surface area contributed by atoms with Crippen LogP contribution >= 0.6 is 0 Å². The lowest BCUT2D eigenvalue weighted by atomic mass is 9.96. The van der Waals surface area contributed by atoms with Crippen LogP contribution in [0.4, 0.5) is 4.39 Å². The molecule has 7 nitrogen and oxygen atoms in total. The summed E-state index contributed by atoms with van der Waals surface area (Å²) in [5, 5.41) is 2.98. The summed E-state index contributed by atoms with van der Waals surface area (Å²) >= 11 is 0. The number of amides is 1. The average Bonchev–Trinajstić information content (AvgIpc) is 2.78. The third kappa shape index (κ3) is 4.99. The quantitative estimate of drug-likeness (QED) is 0.701. The number of nitrogens with one attached hydrogen (secondary N) is 1. The minimum atomic E-state index is -3.93. The van der Waals surface area contributed by atoms with Gasteiger partial charge in [-0.25, -0.2) is 12.8 Å². The number of hydrogen-bond donors (Lipinski definition) is 1. The van der Waals surface area contributed by atoms with Crippen LogP contribution < -0.4 is 14.8 Å². The van der Waals surface area contributed by atoms with Crippen LogP contribution in [0.25, 0.3) is 0 Å². The van der Waals surface area contributed by atoms with E-state index in [1.165, 1.54) is 22.5 Å². The zero-order valence-corrected chi connectivity index (χ0v) is 18.6. The standard InChI is InChI=1S/C22H27FN2O5S/c1-15(18-9-8-17(29-2)14-20(18)30-3)24-22(26)16-10-12-25(13-11-16)31(27,28)21-7-5-4-6-19(21)23/h4-9,14-16H,10-13H2,1-3H3,(H,24,26). The summed E-state index contributed by atoms with van der Waals surface area (Å²) in [5.74, 6) is 0.0252. The van der Waals surface area contributed by atoms with Gasteiger partial charge in [-0.2, -0.15) is 4.31 Å². The number of piperidine rings is 1. The van der Waals surface area contributed by atoms with E-state index in [2.05, 4.69) is 5.32 Å². The molecule has 1 N–H and O–H groups in total. The van der Waals surface area contributed by atoms with Crippen molar-refractivity contribution in [3.63, 3.8) is 0 Å². The zero-order chi connectivity index (χ0) is 22.6. The first kappa shape index (κ1) is 23.0. The molecule has 168 valence electrons. The highest BCUT2D eigenvalue weighted by Gasteiger charge is 2.33. The number of nitrogens with zero attached hydrogens (tertiary/aromatic N) is 1. The van der Waals surface area contributed by atoms with E-state index in [9.17, 15) is 17.6 Å². The minimum Gasteiger partial charge on any atom is -0.497 e. The van der Waals surface area contributed by atoms with Gasteiger partial charge in [0.2, 0.25) is 15.9 Å². The van der Waals surface area contributed by atoms with Crippen LogP contribution in [0.15, 0.2) is 47.4 Å². The Labute approximate surface area is 182 Å². The van der Waals surface area contributed by atoms with Gasteiger partial charge in [0.1, 0.15) is 22.2 Å². The lowest BCUT2D eigenvalue weighted by molar-refractivity contribution is -0.126. The summed E-state index contributed by atoms with van der Waals surface area (Å²) in [4.78, 5) is 12.4. The van der Waals surface area contributed by atoms with Crippen molar-refractivity contribution < 1.29 is 27.1 Å². The molecule has 0 saturated carbocycles. The van der Waals surface area contributed by atoms with Crippen LogP contribution in [-0.2, 0) is 14.8 Å². The van der Waals surface area contributed by atoms with E-state index >= 15 is 0 Å². The Kier molecular flexibility index (Phi) is 7.17. The molecule has 31 heavy (non-hydrogen) atoms. The largest absolute Gasteiger partial charge is 0.497 e. The zero-order valence-electron chi connectivity index (χ0n) is 17.8. The molecule has 0 aromatic heterocycles. The van der Waals surface area contributed by atoms with Crippen molar-refractivity contribution in [3.05, 3.63) is 53.8 Å². The number of carbonyl (C=O) groups excluding carboxylic acids is 1. The highest BCUT2D eigenvalue weighted by molar-refractivity contribution is 7.89. The normalized spacial score (nSPS) is 16.5. The molecule has 0 radical (unpaired) electrons. The third-order valence-corrected chi connectivity index (χ3v) is 7.48. The fourth-order valence-corrected chi connectivity index (χ4v) is 5.27. The molecule has 0 bridgehead atoms. The Bertz CT molecular complexity index is 1040. The third-order valence-electron chi connectivity index (χ3n) is 5.55. The van der Waals surface area contributed by atoms with E-state index in [0.717, 1.165) is 11.6 Å². The number of halogens is 1. The van der Waals surface area contributed by atoms with E-state index in [0.29, 0.717) is 24.3 Å². The van der Waals surface area contributed by atoms with Gasteiger partial charge in [0.15, 0.2) is 0 Å². The van der Waals surface area contributed by atoms with Crippen molar-refractivity contribution in [1.29, 1.82) is 0 Å². The lowest BCUT2D eigenvalue weighted by Gasteiger charge is -2.31. The van der Waals surface area contributed by atoms with Gasteiger partial charge in [0.05, 0.1) is 20.3 Å². The monoisotopic (exact) mass is 450 g/mol. The van der Waals surface area contributed by atoms with E-state index in [-0.39, 0.29) is 35.9 Å². The van der Waals surface area contributed by atoms with Gasteiger partial charge in [-0.1, -0.05) is 12.1 Å². The van der Waals surface area contributed by atoms with Crippen molar-refractivity contribution in [2.75, 3.05) is 27.3 Å². The second-order valence-electron chi connectivity index (χ2n) is 7.45. The summed E-state index contributed by atoms with van der Waals surface area (Å²) in [7, 11) is -0.803. The number of methoxy groups -OCH3 is 2. The highest BCUT2D eigenvalue weighted by atomic mass is 32.2. The fraction of sp³-hybridized carbons (Fsp3) is 0.409. The molecule has 2 aromatic rings. The lowest BCUT2D eigenvalue weighted by Crippen LogP contribution is -2.43. The number of carbonyl (C=O) groups is 1. The summed E-state index contributed by atoms with van der Waals surface area (Å²) in [6.07, 6.45) is 0.734. The smallest absolute Gasteiger partial charge is 0.245 e. The fourth-order valence-electron chi connectivity index (χ4n) is 3.74. The first-order chi connectivity index (χ1) is 14.8. The summed E-state index contributed by atoms with van der Waals surface area (Å²) in [5.41, 5.74) is 0.816. The molecular weight excluding hydrogens is 423 g/mol. The summed E-state index contributed by atoms with van der Waals surface area (Å²) in [6, 6.07) is 10.4. The second kappa shape index (κ2) is 9.65. The Hall–Kier alpha value is -2.65. The molecule has 1 heterocycles. The van der Waals surface area contributed by atoms with Gasteiger partial charge < -0.3 is 14.8 Å². The van der Waals surface area contributed by atoms with Crippen LogP contribution in [0, 0.1) is 11.7 Å². The van der Waals surface area contributed by atoms with Crippen molar-refractivity contribution in [3.8, 4) is 11.5 Å². The first-order valence-electron chi connectivity index (χ1n) is 10.0. The Balaban J connectivity index is 1.62. The molecule has 1 saturated heterocycles. The van der Waals surface area contributed by atoms with Crippen molar-refractivity contribution in [2.45, 2.75) is 30.7 Å². The molecular formula is C22H27FN2O5S. The highest BCUT2D eigenvalue weighted by Crippen LogP contribution is 2.30. The van der Waals surface area contributed by atoms with Crippen molar-refractivity contribution >= 4 is 15.9 Å². The Morgan fingerprint density at radius 3 is 2.42 bits per heavy atom. The number of hydrogen-bond acceptors (Lipinski definition) is 5. The summed E-state index contributed by atoms with van der Waals surface area (Å²) in [6.45, 7) is 2.18. The molecule has 1 amide bonds.